The van der Waals surface area contributed by atoms with Crippen molar-refractivity contribution in [2.45, 2.75) is 32.4 Å². The summed E-state index contributed by atoms with van der Waals surface area (Å²) in [5, 5.41) is 3.31. The van der Waals surface area contributed by atoms with Crippen LogP contribution in [0.1, 0.15) is 32.4 Å². The Labute approximate surface area is 116 Å². The molecule has 1 unspecified atom stereocenters. The van der Waals surface area contributed by atoms with Gasteiger partial charge in [0.15, 0.2) is 0 Å². The van der Waals surface area contributed by atoms with Gasteiger partial charge in [-0.2, -0.15) is 0 Å². The van der Waals surface area contributed by atoms with Crippen LogP contribution in [0.15, 0.2) is 18.2 Å². The molecule has 0 heterocycles. The highest BCUT2D eigenvalue weighted by molar-refractivity contribution is 5.48. The van der Waals surface area contributed by atoms with Gasteiger partial charge in [0.25, 0.3) is 0 Å². The van der Waals surface area contributed by atoms with E-state index in [1.165, 1.54) is 0 Å². The minimum Gasteiger partial charge on any atom is -0.496 e. The molecule has 4 heteroatoms. The Morgan fingerprint density at radius 1 is 1.16 bits per heavy atom. The van der Waals surface area contributed by atoms with Crippen LogP contribution < -0.4 is 14.8 Å². The molecule has 0 spiro atoms. The number of hydrogen-bond donors (Lipinski definition) is 1. The molecular weight excluding hydrogens is 242 g/mol. The summed E-state index contributed by atoms with van der Waals surface area (Å²) < 4.78 is 16.8. The molecule has 0 aliphatic rings. The van der Waals surface area contributed by atoms with Gasteiger partial charge in [-0.3, -0.25) is 0 Å². The van der Waals surface area contributed by atoms with E-state index in [2.05, 4.69) is 19.2 Å². The molecule has 1 aromatic carbocycles. The summed E-state index contributed by atoms with van der Waals surface area (Å²) in [4.78, 5) is 0. The van der Waals surface area contributed by atoms with Gasteiger partial charge in [0.05, 0.1) is 31.4 Å². The number of methoxy groups -OCH3 is 2. The Morgan fingerprint density at radius 3 is 2.05 bits per heavy atom. The Bertz CT molecular complexity index is 382. The van der Waals surface area contributed by atoms with Crippen LogP contribution in [-0.2, 0) is 4.74 Å². The molecule has 0 saturated heterocycles. The van der Waals surface area contributed by atoms with Crippen molar-refractivity contribution in [1.29, 1.82) is 0 Å². The molecule has 1 rings (SSSR count). The van der Waals surface area contributed by atoms with Crippen LogP contribution >= 0.6 is 0 Å². The maximum atomic E-state index is 5.86. The van der Waals surface area contributed by atoms with Gasteiger partial charge in [0, 0.05) is 6.61 Å². The molecule has 0 amide bonds. The first-order valence-electron chi connectivity index (χ1n) is 6.53. The highest BCUT2D eigenvalue weighted by Crippen LogP contribution is 2.40. The molecule has 0 aromatic heterocycles. The number of nitrogens with one attached hydrogen (secondary N) is 1. The normalized spacial score (nSPS) is 13.2. The summed E-state index contributed by atoms with van der Waals surface area (Å²) in [5.74, 6) is 1.60. The summed E-state index contributed by atoms with van der Waals surface area (Å²) in [7, 11) is 5.24. The third kappa shape index (κ3) is 3.39. The molecule has 1 aromatic rings. The molecule has 0 radical (unpaired) electrons. The summed E-state index contributed by atoms with van der Waals surface area (Å²) >= 11 is 0. The Hall–Kier alpha value is -1.26. The smallest absolute Gasteiger partial charge is 0.127 e. The van der Waals surface area contributed by atoms with E-state index in [4.69, 9.17) is 14.2 Å². The predicted octanol–water partition coefficient (Wildman–Crippen LogP) is 2.78. The Balaban J connectivity index is 3.31. The van der Waals surface area contributed by atoms with Gasteiger partial charge >= 0.3 is 0 Å². The number of benzene rings is 1. The largest absolute Gasteiger partial charge is 0.496 e. The van der Waals surface area contributed by atoms with Crippen LogP contribution in [0.5, 0.6) is 11.5 Å². The van der Waals surface area contributed by atoms with E-state index in [1.807, 2.05) is 32.2 Å². The molecule has 19 heavy (non-hydrogen) atoms. The van der Waals surface area contributed by atoms with Crippen LogP contribution in [0, 0.1) is 0 Å². The van der Waals surface area contributed by atoms with Gasteiger partial charge in [-0.25, -0.2) is 0 Å². The lowest BCUT2D eigenvalue weighted by atomic mass is 9.90. The van der Waals surface area contributed by atoms with Crippen molar-refractivity contribution in [3.8, 4) is 11.5 Å². The van der Waals surface area contributed by atoms with E-state index in [1.54, 1.807) is 14.2 Å². The summed E-state index contributed by atoms with van der Waals surface area (Å²) in [6, 6.07) is 5.76. The first kappa shape index (κ1) is 15.8. The van der Waals surface area contributed by atoms with Gasteiger partial charge in [0.2, 0.25) is 0 Å². The van der Waals surface area contributed by atoms with Crippen molar-refractivity contribution in [1.82, 2.24) is 5.32 Å². The standard InChI is InChI=1S/C15H25NO3/c1-7-19-15(2,3)14(16-4)13-11(17-5)9-8-10-12(13)18-6/h8-10,14,16H,7H2,1-6H3. The van der Waals surface area contributed by atoms with Crippen molar-refractivity contribution in [2.75, 3.05) is 27.9 Å². The van der Waals surface area contributed by atoms with Crippen LogP contribution in [0.4, 0.5) is 0 Å². The third-order valence-corrected chi connectivity index (χ3v) is 3.25. The number of rotatable bonds is 7. The van der Waals surface area contributed by atoms with E-state index in [0.717, 1.165) is 17.1 Å². The average Bonchev–Trinajstić information content (AvgIpc) is 2.39. The number of ether oxygens (including phenoxy) is 3. The number of likely N-dealkylation sites (N-methyl/N-ethyl adjacent to an activating group) is 1. The highest BCUT2D eigenvalue weighted by atomic mass is 16.5. The second-order valence-electron chi connectivity index (χ2n) is 4.83. The Kier molecular flexibility index (Phi) is 5.63. The second-order valence-corrected chi connectivity index (χ2v) is 4.83. The lowest BCUT2D eigenvalue weighted by molar-refractivity contribution is -0.0384. The van der Waals surface area contributed by atoms with E-state index < -0.39 is 0 Å². The molecule has 0 fully saturated rings. The van der Waals surface area contributed by atoms with Gasteiger partial charge in [-0.05, 0) is 40.0 Å². The molecule has 0 aliphatic heterocycles. The minimum absolute atomic E-state index is 0.0291. The highest BCUT2D eigenvalue weighted by Gasteiger charge is 2.34. The Morgan fingerprint density at radius 2 is 1.68 bits per heavy atom. The zero-order valence-electron chi connectivity index (χ0n) is 12.7. The fraction of sp³-hybridized carbons (Fsp3) is 0.600. The fourth-order valence-corrected chi connectivity index (χ4v) is 2.46. The minimum atomic E-state index is -0.370. The maximum absolute atomic E-state index is 5.86. The fourth-order valence-electron chi connectivity index (χ4n) is 2.46. The summed E-state index contributed by atoms with van der Waals surface area (Å²) in [5.41, 5.74) is 0.610. The lowest BCUT2D eigenvalue weighted by Crippen LogP contribution is -2.40. The molecule has 4 nitrogen and oxygen atoms in total. The van der Waals surface area contributed by atoms with Crippen molar-refractivity contribution < 1.29 is 14.2 Å². The lowest BCUT2D eigenvalue weighted by Gasteiger charge is -2.35. The monoisotopic (exact) mass is 267 g/mol. The SMILES string of the molecule is CCOC(C)(C)C(NC)c1c(OC)cccc1OC. The zero-order chi connectivity index (χ0) is 14.5. The third-order valence-electron chi connectivity index (χ3n) is 3.25. The number of hydrogen-bond acceptors (Lipinski definition) is 4. The van der Waals surface area contributed by atoms with Crippen LogP contribution in [0.25, 0.3) is 0 Å². The van der Waals surface area contributed by atoms with Crippen LogP contribution in [-0.4, -0.2) is 33.5 Å². The molecular formula is C15H25NO3. The van der Waals surface area contributed by atoms with Gasteiger partial charge in [-0.1, -0.05) is 6.07 Å². The summed E-state index contributed by atoms with van der Waals surface area (Å²) in [6.07, 6.45) is 0. The maximum Gasteiger partial charge on any atom is 0.127 e. The van der Waals surface area contributed by atoms with Gasteiger partial charge < -0.3 is 19.5 Å². The predicted molar refractivity (Wildman–Crippen MR) is 77.1 cm³/mol. The van der Waals surface area contributed by atoms with Gasteiger partial charge in [0.1, 0.15) is 11.5 Å². The molecule has 0 aliphatic carbocycles. The molecule has 1 atom stereocenters. The van der Waals surface area contributed by atoms with Crippen LogP contribution in [0.2, 0.25) is 0 Å². The van der Waals surface area contributed by atoms with E-state index in [9.17, 15) is 0 Å². The van der Waals surface area contributed by atoms with Crippen molar-refractivity contribution in [2.24, 2.45) is 0 Å². The average molecular weight is 267 g/mol. The van der Waals surface area contributed by atoms with E-state index in [0.29, 0.717) is 6.61 Å². The summed E-state index contributed by atoms with van der Waals surface area (Å²) in [6.45, 7) is 6.77. The van der Waals surface area contributed by atoms with Gasteiger partial charge in [-0.15, -0.1) is 0 Å². The second kappa shape index (κ2) is 6.78. The van der Waals surface area contributed by atoms with Crippen molar-refractivity contribution in [3.05, 3.63) is 23.8 Å². The topological polar surface area (TPSA) is 39.7 Å². The van der Waals surface area contributed by atoms with Crippen LogP contribution in [0.3, 0.4) is 0 Å². The molecule has 0 saturated carbocycles. The van der Waals surface area contributed by atoms with E-state index in [-0.39, 0.29) is 11.6 Å². The first-order chi connectivity index (χ1) is 9.01. The van der Waals surface area contributed by atoms with Crippen molar-refractivity contribution >= 4 is 0 Å². The first-order valence-corrected chi connectivity index (χ1v) is 6.53. The molecule has 108 valence electrons. The molecule has 1 N–H and O–H groups in total. The zero-order valence-corrected chi connectivity index (χ0v) is 12.7. The molecule has 0 bridgehead atoms. The van der Waals surface area contributed by atoms with E-state index >= 15 is 0 Å². The van der Waals surface area contributed by atoms with Crippen molar-refractivity contribution in [3.63, 3.8) is 0 Å². The quantitative estimate of drug-likeness (QED) is 0.824.